The number of nitrogens with one attached hydrogen (secondary N) is 1. The fourth-order valence-electron chi connectivity index (χ4n) is 3.98. The molecule has 0 spiro atoms. The summed E-state index contributed by atoms with van der Waals surface area (Å²) in [6.45, 7) is 4.05. The van der Waals surface area contributed by atoms with Crippen LogP contribution in [0, 0.1) is 5.92 Å². The summed E-state index contributed by atoms with van der Waals surface area (Å²) in [4.78, 5) is 28.2. The van der Waals surface area contributed by atoms with E-state index in [1.807, 2.05) is 30.9 Å². The standard InChI is InChI=1S/C21H29ClN2O2S/c1-3-14(2)23-19(25)18-13-27-21(15-9-5-4-6-10-15)24(18)20(26)16-11-7-8-12-17(16)22/h7-8,11-12,14-15,18,21H,3-6,9-10,13H2,1-2H3,(H,23,25)/t14-,18+,21+/m0/s1. The molecule has 1 aliphatic carbocycles. The van der Waals surface area contributed by atoms with Crippen LogP contribution >= 0.6 is 23.4 Å². The van der Waals surface area contributed by atoms with Crippen molar-refractivity contribution in [3.63, 3.8) is 0 Å². The minimum Gasteiger partial charge on any atom is -0.352 e. The lowest BCUT2D eigenvalue weighted by molar-refractivity contribution is -0.125. The highest BCUT2D eigenvalue weighted by Crippen LogP contribution is 2.41. The quantitative estimate of drug-likeness (QED) is 0.766. The van der Waals surface area contributed by atoms with E-state index in [0.717, 1.165) is 19.3 Å². The van der Waals surface area contributed by atoms with Gasteiger partial charge in [0.2, 0.25) is 5.91 Å². The van der Waals surface area contributed by atoms with E-state index in [0.29, 0.717) is 22.3 Å². The van der Waals surface area contributed by atoms with Crippen LogP contribution in [0.5, 0.6) is 0 Å². The second kappa shape index (κ2) is 9.33. The summed E-state index contributed by atoms with van der Waals surface area (Å²) >= 11 is 8.07. The topological polar surface area (TPSA) is 49.4 Å². The molecule has 148 valence electrons. The molecule has 2 amide bonds. The summed E-state index contributed by atoms with van der Waals surface area (Å²) in [6, 6.07) is 6.82. The van der Waals surface area contributed by atoms with Crippen molar-refractivity contribution in [1.82, 2.24) is 10.2 Å². The molecule has 4 nitrogen and oxygen atoms in total. The monoisotopic (exact) mass is 408 g/mol. The first-order chi connectivity index (χ1) is 13.0. The summed E-state index contributed by atoms with van der Waals surface area (Å²) in [5, 5.41) is 3.57. The first-order valence-corrected chi connectivity index (χ1v) is 11.4. The number of rotatable bonds is 5. The van der Waals surface area contributed by atoms with Crippen LogP contribution < -0.4 is 5.32 Å². The third kappa shape index (κ3) is 4.62. The number of hydrogen-bond acceptors (Lipinski definition) is 3. The first-order valence-electron chi connectivity index (χ1n) is 10.0. The molecule has 6 heteroatoms. The van der Waals surface area contributed by atoms with Crippen LogP contribution in [-0.2, 0) is 4.79 Å². The normalized spacial score (nSPS) is 24.6. The van der Waals surface area contributed by atoms with Gasteiger partial charge in [-0.2, -0.15) is 0 Å². The molecule has 1 aromatic carbocycles. The molecule has 0 radical (unpaired) electrons. The molecule has 1 heterocycles. The SMILES string of the molecule is CC[C@H](C)NC(=O)[C@H]1CS[C@H](C2CCCCC2)N1C(=O)c1ccccc1Cl. The fourth-order valence-corrected chi connectivity index (χ4v) is 5.84. The molecule has 1 saturated carbocycles. The number of carbonyl (C=O) groups excluding carboxylic acids is 2. The van der Waals surface area contributed by atoms with E-state index >= 15 is 0 Å². The second-order valence-corrected chi connectivity index (χ2v) is 9.20. The second-order valence-electron chi connectivity index (χ2n) is 7.65. The molecule has 2 aliphatic rings. The molecule has 3 rings (SSSR count). The lowest BCUT2D eigenvalue weighted by atomic mass is 9.88. The zero-order valence-corrected chi connectivity index (χ0v) is 17.7. The third-order valence-electron chi connectivity index (χ3n) is 5.73. The van der Waals surface area contributed by atoms with Crippen LogP contribution in [-0.4, -0.2) is 39.9 Å². The summed E-state index contributed by atoms with van der Waals surface area (Å²) in [5.74, 6) is 0.942. The molecule has 1 N–H and O–H groups in total. The van der Waals surface area contributed by atoms with Crippen molar-refractivity contribution >= 4 is 35.2 Å². The Labute approximate surface area is 171 Å². The van der Waals surface area contributed by atoms with Crippen molar-refractivity contribution in [3.8, 4) is 0 Å². The predicted molar refractivity (Wildman–Crippen MR) is 112 cm³/mol. The largest absolute Gasteiger partial charge is 0.352 e. The summed E-state index contributed by atoms with van der Waals surface area (Å²) in [5.41, 5.74) is 0.490. The van der Waals surface area contributed by atoms with Crippen molar-refractivity contribution < 1.29 is 9.59 Å². The van der Waals surface area contributed by atoms with Crippen LogP contribution in [0.2, 0.25) is 5.02 Å². The number of thioether (sulfide) groups is 1. The van der Waals surface area contributed by atoms with Gasteiger partial charge >= 0.3 is 0 Å². The van der Waals surface area contributed by atoms with E-state index in [1.54, 1.807) is 23.9 Å². The zero-order chi connectivity index (χ0) is 19.4. The Kier molecular flexibility index (Phi) is 7.10. The molecule has 1 aromatic rings. The van der Waals surface area contributed by atoms with Gasteiger partial charge in [-0.15, -0.1) is 11.8 Å². The van der Waals surface area contributed by atoms with Gasteiger partial charge in [-0.3, -0.25) is 9.59 Å². The van der Waals surface area contributed by atoms with Gasteiger partial charge in [0.05, 0.1) is 16.0 Å². The fraction of sp³-hybridized carbons (Fsp3) is 0.619. The lowest BCUT2D eigenvalue weighted by Crippen LogP contribution is -2.52. The highest BCUT2D eigenvalue weighted by atomic mass is 35.5. The van der Waals surface area contributed by atoms with Gasteiger partial charge in [0.1, 0.15) is 6.04 Å². The Balaban J connectivity index is 1.88. The maximum Gasteiger partial charge on any atom is 0.256 e. The third-order valence-corrected chi connectivity index (χ3v) is 7.52. The minimum atomic E-state index is -0.431. The molecule has 1 aliphatic heterocycles. The van der Waals surface area contributed by atoms with E-state index in [-0.39, 0.29) is 23.2 Å². The molecular weight excluding hydrogens is 380 g/mol. The molecule has 1 saturated heterocycles. The lowest BCUT2D eigenvalue weighted by Gasteiger charge is -2.36. The van der Waals surface area contributed by atoms with E-state index in [9.17, 15) is 9.59 Å². The Morgan fingerprint density at radius 2 is 1.96 bits per heavy atom. The molecular formula is C21H29ClN2O2S. The number of hydrogen-bond donors (Lipinski definition) is 1. The molecule has 0 aromatic heterocycles. The van der Waals surface area contributed by atoms with Gasteiger partial charge in [-0.05, 0) is 44.2 Å². The maximum absolute atomic E-state index is 13.4. The Morgan fingerprint density at radius 3 is 2.63 bits per heavy atom. The Hall–Kier alpha value is -1.20. The van der Waals surface area contributed by atoms with E-state index in [1.165, 1.54) is 19.3 Å². The molecule has 0 bridgehead atoms. The van der Waals surface area contributed by atoms with E-state index < -0.39 is 6.04 Å². The predicted octanol–water partition coefficient (Wildman–Crippen LogP) is 4.72. The number of halogens is 1. The van der Waals surface area contributed by atoms with Gasteiger partial charge in [0.25, 0.3) is 5.91 Å². The van der Waals surface area contributed by atoms with Gasteiger partial charge < -0.3 is 10.2 Å². The Bertz CT molecular complexity index is 678. The summed E-state index contributed by atoms with van der Waals surface area (Å²) < 4.78 is 0. The smallest absolute Gasteiger partial charge is 0.256 e. The van der Waals surface area contributed by atoms with Gasteiger partial charge in [-0.1, -0.05) is 49.9 Å². The summed E-state index contributed by atoms with van der Waals surface area (Å²) in [7, 11) is 0. The van der Waals surface area contributed by atoms with E-state index in [2.05, 4.69) is 5.32 Å². The van der Waals surface area contributed by atoms with Crippen molar-refractivity contribution in [3.05, 3.63) is 34.9 Å². The number of nitrogens with zero attached hydrogens (tertiary/aromatic N) is 1. The highest BCUT2D eigenvalue weighted by molar-refractivity contribution is 8.00. The Morgan fingerprint density at radius 1 is 1.26 bits per heavy atom. The average Bonchev–Trinajstić information content (AvgIpc) is 3.13. The van der Waals surface area contributed by atoms with Crippen LogP contribution in [0.15, 0.2) is 24.3 Å². The van der Waals surface area contributed by atoms with E-state index in [4.69, 9.17) is 11.6 Å². The van der Waals surface area contributed by atoms with Gasteiger partial charge in [0.15, 0.2) is 0 Å². The van der Waals surface area contributed by atoms with Gasteiger partial charge in [-0.25, -0.2) is 0 Å². The van der Waals surface area contributed by atoms with Crippen molar-refractivity contribution in [2.24, 2.45) is 5.92 Å². The first kappa shape index (κ1) is 20.5. The summed E-state index contributed by atoms with van der Waals surface area (Å²) in [6.07, 6.45) is 6.81. The highest BCUT2D eigenvalue weighted by Gasteiger charge is 2.45. The molecule has 0 unspecified atom stereocenters. The van der Waals surface area contributed by atoms with Crippen molar-refractivity contribution in [2.75, 3.05) is 5.75 Å². The van der Waals surface area contributed by atoms with Crippen LogP contribution in [0.25, 0.3) is 0 Å². The van der Waals surface area contributed by atoms with Crippen LogP contribution in [0.3, 0.4) is 0 Å². The number of benzene rings is 1. The van der Waals surface area contributed by atoms with Crippen molar-refractivity contribution in [1.29, 1.82) is 0 Å². The van der Waals surface area contributed by atoms with Crippen LogP contribution in [0.4, 0.5) is 0 Å². The molecule has 3 atom stereocenters. The van der Waals surface area contributed by atoms with Gasteiger partial charge in [0, 0.05) is 11.8 Å². The molecule has 27 heavy (non-hydrogen) atoms. The van der Waals surface area contributed by atoms with Crippen LogP contribution in [0.1, 0.15) is 62.7 Å². The number of carbonyl (C=O) groups is 2. The average molecular weight is 409 g/mol. The minimum absolute atomic E-state index is 0.0458. The number of amides is 2. The van der Waals surface area contributed by atoms with Crippen molar-refractivity contribution in [2.45, 2.75) is 69.8 Å². The zero-order valence-electron chi connectivity index (χ0n) is 16.1. The maximum atomic E-state index is 13.4. The molecule has 2 fully saturated rings.